The van der Waals surface area contributed by atoms with Gasteiger partial charge < -0.3 is 24.1 Å². The number of esters is 4. The molecule has 1 unspecified atom stereocenters. The lowest BCUT2D eigenvalue weighted by Gasteiger charge is -2.13. The van der Waals surface area contributed by atoms with E-state index in [1.807, 2.05) is 0 Å². The minimum Gasteiger partial charge on any atom is -0.466 e. The Morgan fingerprint density at radius 1 is 0.864 bits per heavy atom. The first-order valence-electron chi connectivity index (χ1n) is 5.93. The van der Waals surface area contributed by atoms with Crippen LogP contribution in [0.2, 0.25) is 0 Å². The molecule has 122 valence electrons. The summed E-state index contributed by atoms with van der Waals surface area (Å²) in [6.45, 7) is -1.04. The van der Waals surface area contributed by atoms with E-state index in [2.05, 4.69) is 14.2 Å². The molecule has 0 bridgehead atoms. The van der Waals surface area contributed by atoms with E-state index >= 15 is 0 Å². The fourth-order valence-corrected chi connectivity index (χ4v) is 0.959. The maximum atomic E-state index is 11.3. The molecule has 0 aromatic heterocycles. The minimum absolute atomic E-state index is 0.432. The van der Waals surface area contributed by atoms with Crippen LogP contribution in [0.15, 0.2) is 24.3 Å². The summed E-state index contributed by atoms with van der Waals surface area (Å²) in [4.78, 5) is 44.0. The molecule has 0 aromatic carbocycles. The summed E-state index contributed by atoms with van der Waals surface area (Å²) in [5.74, 6) is -3.30. The molecular weight excluding hydrogens is 300 g/mol. The highest BCUT2D eigenvalue weighted by molar-refractivity contribution is 5.92. The zero-order chi connectivity index (χ0) is 17.0. The van der Waals surface area contributed by atoms with E-state index in [0.29, 0.717) is 0 Å². The highest BCUT2D eigenvalue weighted by Crippen LogP contribution is 1.96. The summed E-state index contributed by atoms with van der Waals surface area (Å²) < 4.78 is 17.9. The van der Waals surface area contributed by atoms with Gasteiger partial charge in [-0.25, -0.2) is 19.2 Å². The van der Waals surface area contributed by atoms with Crippen molar-refractivity contribution in [1.82, 2.24) is 0 Å². The van der Waals surface area contributed by atoms with Crippen molar-refractivity contribution in [1.29, 1.82) is 0 Å². The lowest BCUT2D eigenvalue weighted by Crippen LogP contribution is -2.27. The van der Waals surface area contributed by atoms with Crippen LogP contribution in [-0.4, -0.2) is 62.5 Å². The van der Waals surface area contributed by atoms with E-state index in [0.717, 1.165) is 38.5 Å². The van der Waals surface area contributed by atoms with Crippen LogP contribution in [0.4, 0.5) is 0 Å². The first-order valence-corrected chi connectivity index (χ1v) is 5.93. The van der Waals surface area contributed by atoms with Gasteiger partial charge >= 0.3 is 23.9 Å². The van der Waals surface area contributed by atoms with Crippen LogP contribution in [0.1, 0.15) is 0 Å². The van der Waals surface area contributed by atoms with Crippen molar-refractivity contribution in [2.75, 3.05) is 27.4 Å². The molecule has 1 N–H and O–H groups in total. The number of aliphatic hydroxyl groups is 1. The molecular formula is C13H16O9. The number of methoxy groups -OCH3 is 2. The quantitative estimate of drug-likeness (QED) is 0.337. The fourth-order valence-electron chi connectivity index (χ4n) is 0.959. The monoisotopic (exact) mass is 316 g/mol. The van der Waals surface area contributed by atoms with Gasteiger partial charge in [-0.3, -0.25) is 0 Å². The Bertz CT molecular complexity index is 464. The predicted molar refractivity (Wildman–Crippen MR) is 70.2 cm³/mol. The lowest BCUT2D eigenvalue weighted by molar-refractivity contribution is -0.155. The molecule has 0 fully saturated rings. The maximum Gasteiger partial charge on any atom is 0.331 e. The normalized spacial score (nSPS) is 12.0. The molecule has 0 aliphatic carbocycles. The molecule has 0 saturated heterocycles. The Labute approximate surface area is 126 Å². The van der Waals surface area contributed by atoms with Crippen molar-refractivity contribution in [2.24, 2.45) is 0 Å². The number of carbonyl (C=O) groups is 4. The van der Waals surface area contributed by atoms with Crippen LogP contribution < -0.4 is 0 Å². The van der Waals surface area contributed by atoms with Gasteiger partial charge in [0.05, 0.1) is 20.8 Å². The Hall–Kier alpha value is -2.68. The van der Waals surface area contributed by atoms with Gasteiger partial charge in [-0.05, 0) is 0 Å². The zero-order valence-corrected chi connectivity index (χ0v) is 12.0. The molecule has 22 heavy (non-hydrogen) atoms. The van der Waals surface area contributed by atoms with Gasteiger partial charge in [0.1, 0.15) is 6.61 Å². The van der Waals surface area contributed by atoms with E-state index in [-0.39, 0.29) is 0 Å². The van der Waals surface area contributed by atoms with Crippen molar-refractivity contribution >= 4 is 23.9 Å². The second-order valence-electron chi connectivity index (χ2n) is 3.58. The van der Waals surface area contributed by atoms with E-state index < -0.39 is 43.2 Å². The van der Waals surface area contributed by atoms with E-state index in [1.54, 1.807) is 0 Å². The first-order chi connectivity index (χ1) is 10.4. The molecule has 0 spiro atoms. The number of aliphatic hydroxyl groups excluding tert-OH is 1. The average molecular weight is 316 g/mol. The van der Waals surface area contributed by atoms with E-state index in [9.17, 15) is 19.2 Å². The first kappa shape index (κ1) is 19.3. The van der Waals surface area contributed by atoms with Gasteiger partial charge in [-0.15, -0.1) is 0 Å². The molecule has 1 atom stereocenters. The van der Waals surface area contributed by atoms with Crippen LogP contribution in [0, 0.1) is 0 Å². The summed E-state index contributed by atoms with van der Waals surface area (Å²) in [5.41, 5.74) is 0. The largest absolute Gasteiger partial charge is 0.466 e. The standard InChI is InChI=1S/C13H16O9/c1-19-10(15)3-5-12(17)21-8-9(7-14)22-13(18)6-4-11(16)20-2/h3-6,9,14H,7-8H2,1-2H3/b5-3+,6-4+. The Morgan fingerprint density at radius 2 is 1.32 bits per heavy atom. The van der Waals surface area contributed by atoms with Crippen LogP contribution in [0.3, 0.4) is 0 Å². The van der Waals surface area contributed by atoms with E-state index in [4.69, 9.17) is 9.84 Å². The van der Waals surface area contributed by atoms with Gasteiger partial charge in [-0.2, -0.15) is 0 Å². The Morgan fingerprint density at radius 3 is 1.77 bits per heavy atom. The molecule has 0 heterocycles. The smallest absolute Gasteiger partial charge is 0.331 e. The SMILES string of the molecule is COC(=O)/C=C/C(=O)OCC(CO)OC(=O)/C=C/C(=O)OC. The van der Waals surface area contributed by atoms with Gasteiger partial charge in [0.2, 0.25) is 0 Å². The van der Waals surface area contributed by atoms with Gasteiger partial charge in [0.15, 0.2) is 6.10 Å². The highest BCUT2D eigenvalue weighted by Gasteiger charge is 2.14. The topological polar surface area (TPSA) is 125 Å². The second-order valence-corrected chi connectivity index (χ2v) is 3.58. The zero-order valence-electron chi connectivity index (χ0n) is 12.0. The van der Waals surface area contributed by atoms with Gasteiger partial charge in [0, 0.05) is 24.3 Å². The summed E-state index contributed by atoms with van der Waals surface area (Å²) in [7, 11) is 2.27. The van der Waals surface area contributed by atoms with Crippen LogP contribution in [0.25, 0.3) is 0 Å². The number of ether oxygens (including phenoxy) is 4. The lowest BCUT2D eigenvalue weighted by atomic mass is 10.4. The number of rotatable bonds is 8. The third kappa shape index (κ3) is 9.26. The second kappa shape index (κ2) is 11.0. The third-order valence-electron chi connectivity index (χ3n) is 2.01. The van der Waals surface area contributed by atoms with Crippen LogP contribution in [-0.2, 0) is 38.1 Å². The van der Waals surface area contributed by atoms with Crippen LogP contribution >= 0.6 is 0 Å². The highest BCUT2D eigenvalue weighted by atomic mass is 16.6. The molecule has 9 heteroatoms. The van der Waals surface area contributed by atoms with Gasteiger partial charge in [-0.1, -0.05) is 0 Å². The molecule has 9 nitrogen and oxygen atoms in total. The van der Waals surface area contributed by atoms with Crippen molar-refractivity contribution in [3.05, 3.63) is 24.3 Å². The Kier molecular flexibility index (Phi) is 9.69. The Balaban J connectivity index is 4.27. The summed E-state index contributed by atoms with van der Waals surface area (Å²) in [5, 5.41) is 8.99. The number of carbonyl (C=O) groups excluding carboxylic acids is 4. The minimum atomic E-state index is -1.12. The summed E-state index contributed by atoms with van der Waals surface area (Å²) >= 11 is 0. The molecule has 0 rings (SSSR count). The number of hydrogen-bond donors (Lipinski definition) is 1. The van der Waals surface area contributed by atoms with E-state index in [1.165, 1.54) is 0 Å². The van der Waals surface area contributed by atoms with Crippen molar-refractivity contribution in [3.63, 3.8) is 0 Å². The van der Waals surface area contributed by atoms with Crippen molar-refractivity contribution in [2.45, 2.75) is 6.10 Å². The van der Waals surface area contributed by atoms with Crippen molar-refractivity contribution < 1.29 is 43.2 Å². The molecule has 0 amide bonds. The van der Waals surface area contributed by atoms with Gasteiger partial charge in [0.25, 0.3) is 0 Å². The average Bonchev–Trinajstić information content (AvgIpc) is 2.53. The predicted octanol–water partition coefficient (Wildman–Crippen LogP) is -1.11. The number of hydrogen-bond acceptors (Lipinski definition) is 9. The molecule has 0 aliphatic rings. The molecule has 0 aromatic rings. The molecule has 0 radical (unpaired) electrons. The maximum absolute atomic E-state index is 11.3. The van der Waals surface area contributed by atoms with Crippen LogP contribution in [0.5, 0.6) is 0 Å². The third-order valence-corrected chi connectivity index (χ3v) is 2.01. The van der Waals surface area contributed by atoms with Crippen molar-refractivity contribution in [3.8, 4) is 0 Å². The summed E-state index contributed by atoms with van der Waals surface area (Å²) in [6.07, 6.45) is 2.18. The molecule has 0 aliphatic heterocycles. The molecule has 0 saturated carbocycles. The summed E-state index contributed by atoms with van der Waals surface area (Å²) in [6, 6.07) is 0. The fraction of sp³-hybridized carbons (Fsp3) is 0.385.